The number of carbonyl (C=O) groups is 1. The topological polar surface area (TPSA) is 103 Å². The average Bonchev–Trinajstić information content (AvgIpc) is 2.74. The van der Waals surface area contributed by atoms with Crippen molar-refractivity contribution in [3.05, 3.63) is 60.1 Å². The molecule has 2 aromatic carbocycles. The summed E-state index contributed by atoms with van der Waals surface area (Å²) in [4.78, 5) is 28.9. The molecule has 1 heterocycles. The SMILES string of the molecule is COc1cc(C=Nn2c(C(C)C)nc3ccc(Br)cc3c2=O)cc(I)c1O[C@@H](C)C(=O)O. The van der Waals surface area contributed by atoms with Gasteiger partial charge in [0, 0.05) is 10.4 Å². The first-order chi connectivity index (χ1) is 15.1. The number of aromatic nitrogens is 2. The molecular formula is C22H21BrIN3O5. The number of methoxy groups -OCH3 is 1. The van der Waals surface area contributed by atoms with Gasteiger partial charge in [0.15, 0.2) is 17.6 Å². The minimum Gasteiger partial charge on any atom is -0.493 e. The van der Waals surface area contributed by atoms with E-state index in [0.29, 0.717) is 37.4 Å². The van der Waals surface area contributed by atoms with Crippen molar-refractivity contribution in [3.63, 3.8) is 0 Å². The monoisotopic (exact) mass is 613 g/mol. The largest absolute Gasteiger partial charge is 0.493 e. The molecule has 0 aliphatic carbocycles. The summed E-state index contributed by atoms with van der Waals surface area (Å²) in [7, 11) is 1.47. The maximum atomic E-state index is 13.1. The highest BCUT2D eigenvalue weighted by Gasteiger charge is 2.19. The van der Waals surface area contributed by atoms with Gasteiger partial charge < -0.3 is 14.6 Å². The Hall–Kier alpha value is -2.47. The maximum absolute atomic E-state index is 13.1. The number of nitrogens with zero attached hydrogens (tertiary/aromatic N) is 3. The van der Waals surface area contributed by atoms with E-state index < -0.39 is 12.1 Å². The number of benzene rings is 2. The van der Waals surface area contributed by atoms with Gasteiger partial charge in [-0.15, -0.1) is 0 Å². The summed E-state index contributed by atoms with van der Waals surface area (Å²) in [6.07, 6.45) is 0.500. The summed E-state index contributed by atoms with van der Waals surface area (Å²) in [5.41, 5.74) is 0.990. The van der Waals surface area contributed by atoms with Crippen LogP contribution in [0.1, 0.15) is 38.1 Å². The normalized spacial score (nSPS) is 12.5. The fourth-order valence-corrected chi connectivity index (χ4v) is 4.05. The first kappa shape index (κ1) is 24.2. The Morgan fingerprint density at radius 3 is 2.62 bits per heavy atom. The van der Waals surface area contributed by atoms with Crippen LogP contribution in [0.15, 0.2) is 44.7 Å². The standard InChI is InChI=1S/C22H21BrIN3O5/c1-11(2)20-26-17-6-5-14(23)9-15(17)21(28)27(20)25-10-13-7-16(24)19(18(8-13)31-4)32-12(3)22(29)30/h5-12H,1-4H3,(H,29,30)/t12-/m0/s1. The van der Waals surface area contributed by atoms with Gasteiger partial charge in [0.1, 0.15) is 5.82 Å². The molecule has 3 aromatic rings. The number of halogens is 2. The predicted octanol–water partition coefficient (Wildman–Crippen LogP) is 4.63. The minimum atomic E-state index is -1.08. The molecule has 168 valence electrons. The van der Waals surface area contributed by atoms with E-state index in [0.717, 1.165) is 4.47 Å². The lowest BCUT2D eigenvalue weighted by Gasteiger charge is -2.16. The van der Waals surface area contributed by atoms with Gasteiger partial charge in [-0.05, 0) is 65.4 Å². The Labute approximate surface area is 206 Å². The fraction of sp³-hybridized carbons (Fsp3) is 0.273. The van der Waals surface area contributed by atoms with E-state index in [9.17, 15) is 9.59 Å². The van der Waals surface area contributed by atoms with Crippen LogP contribution in [0.2, 0.25) is 0 Å². The number of fused-ring (bicyclic) bond motifs is 1. The molecule has 0 aliphatic rings. The summed E-state index contributed by atoms with van der Waals surface area (Å²) < 4.78 is 13.6. The molecule has 0 saturated carbocycles. The summed E-state index contributed by atoms with van der Waals surface area (Å²) in [5, 5.41) is 14.0. The van der Waals surface area contributed by atoms with Crippen molar-refractivity contribution in [1.82, 2.24) is 9.66 Å². The second-order valence-corrected chi connectivity index (χ2v) is 9.36. The van der Waals surface area contributed by atoms with Gasteiger partial charge in [-0.2, -0.15) is 9.78 Å². The predicted molar refractivity (Wildman–Crippen MR) is 134 cm³/mol. The minimum absolute atomic E-state index is 0.0316. The Morgan fingerprint density at radius 1 is 1.28 bits per heavy atom. The second-order valence-electron chi connectivity index (χ2n) is 7.28. The Bertz CT molecular complexity index is 1270. The van der Waals surface area contributed by atoms with Gasteiger partial charge in [0.25, 0.3) is 5.56 Å². The van der Waals surface area contributed by atoms with E-state index in [1.807, 2.05) is 42.5 Å². The van der Waals surface area contributed by atoms with Crippen LogP contribution in [0.5, 0.6) is 11.5 Å². The van der Waals surface area contributed by atoms with Crippen LogP contribution in [-0.2, 0) is 4.79 Å². The van der Waals surface area contributed by atoms with E-state index >= 15 is 0 Å². The lowest BCUT2D eigenvalue weighted by Crippen LogP contribution is -2.23. The van der Waals surface area contributed by atoms with Crippen molar-refractivity contribution in [2.24, 2.45) is 5.10 Å². The third-order valence-corrected chi connectivity index (χ3v) is 5.86. The zero-order chi connectivity index (χ0) is 23.6. The zero-order valence-corrected chi connectivity index (χ0v) is 21.5. The molecule has 3 rings (SSSR count). The molecule has 1 N–H and O–H groups in total. The van der Waals surface area contributed by atoms with Crippen molar-refractivity contribution in [2.45, 2.75) is 32.8 Å². The van der Waals surface area contributed by atoms with Gasteiger partial charge >= 0.3 is 5.97 Å². The first-order valence-corrected chi connectivity index (χ1v) is 11.5. The van der Waals surface area contributed by atoms with Crippen LogP contribution < -0.4 is 15.0 Å². The Kier molecular flexibility index (Phi) is 7.55. The number of aliphatic carboxylic acids is 1. The van der Waals surface area contributed by atoms with E-state index in [-0.39, 0.29) is 11.5 Å². The molecule has 0 spiro atoms. The van der Waals surface area contributed by atoms with Gasteiger partial charge in [-0.25, -0.2) is 9.78 Å². The molecule has 1 atom stereocenters. The molecule has 0 saturated heterocycles. The summed E-state index contributed by atoms with van der Waals surface area (Å²) in [5.74, 6) is 0.124. The average molecular weight is 614 g/mol. The highest BCUT2D eigenvalue weighted by molar-refractivity contribution is 14.1. The van der Waals surface area contributed by atoms with Crippen molar-refractivity contribution in [1.29, 1.82) is 0 Å². The summed E-state index contributed by atoms with van der Waals surface area (Å²) in [6, 6.07) is 8.80. The number of hydrogen-bond donors (Lipinski definition) is 1. The van der Waals surface area contributed by atoms with E-state index in [4.69, 9.17) is 14.6 Å². The molecule has 0 fully saturated rings. The third-order valence-electron chi connectivity index (χ3n) is 4.57. The quantitative estimate of drug-likeness (QED) is 0.308. The van der Waals surface area contributed by atoms with Crippen molar-refractivity contribution < 1.29 is 19.4 Å². The lowest BCUT2D eigenvalue weighted by atomic mass is 10.2. The van der Waals surface area contributed by atoms with Crippen molar-refractivity contribution >= 4 is 61.6 Å². The van der Waals surface area contributed by atoms with E-state index in [1.165, 1.54) is 24.9 Å². The summed E-state index contributed by atoms with van der Waals surface area (Å²) >= 11 is 5.43. The van der Waals surface area contributed by atoms with Crippen LogP contribution in [-0.4, -0.2) is 40.2 Å². The highest BCUT2D eigenvalue weighted by Crippen LogP contribution is 2.34. The molecule has 0 amide bonds. The number of hydrogen-bond acceptors (Lipinski definition) is 6. The molecule has 0 radical (unpaired) electrons. The fourth-order valence-electron chi connectivity index (χ4n) is 2.93. The maximum Gasteiger partial charge on any atom is 0.344 e. The molecule has 0 bridgehead atoms. The van der Waals surface area contributed by atoms with Crippen molar-refractivity contribution in [3.8, 4) is 11.5 Å². The molecule has 10 heteroatoms. The third kappa shape index (κ3) is 5.12. The van der Waals surface area contributed by atoms with E-state index in [1.54, 1.807) is 24.3 Å². The van der Waals surface area contributed by atoms with Crippen molar-refractivity contribution in [2.75, 3.05) is 7.11 Å². The van der Waals surface area contributed by atoms with E-state index in [2.05, 4.69) is 26.0 Å². The molecule has 0 aliphatic heterocycles. The Morgan fingerprint density at radius 2 is 2.00 bits per heavy atom. The Balaban J connectivity index is 2.08. The molecule has 1 aromatic heterocycles. The van der Waals surface area contributed by atoms with Crippen LogP contribution in [0, 0.1) is 3.57 Å². The molecule has 32 heavy (non-hydrogen) atoms. The summed E-state index contributed by atoms with van der Waals surface area (Å²) in [6.45, 7) is 5.33. The van der Waals surface area contributed by atoms with Gasteiger partial charge in [0.2, 0.25) is 0 Å². The van der Waals surface area contributed by atoms with Crippen LogP contribution >= 0.6 is 38.5 Å². The van der Waals surface area contributed by atoms with Gasteiger partial charge in [0.05, 0.1) is 27.8 Å². The highest BCUT2D eigenvalue weighted by atomic mass is 127. The number of carboxylic acids is 1. The first-order valence-electron chi connectivity index (χ1n) is 9.66. The van der Waals surface area contributed by atoms with Crippen LogP contribution in [0.4, 0.5) is 0 Å². The molecule has 0 unspecified atom stereocenters. The molecular weight excluding hydrogens is 593 g/mol. The number of ether oxygens (including phenoxy) is 2. The smallest absolute Gasteiger partial charge is 0.344 e. The van der Waals surface area contributed by atoms with Gasteiger partial charge in [-0.3, -0.25) is 4.79 Å². The second kappa shape index (κ2) is 9.99. The zero-order valence-electron chi connectivity index (χ0n) is 17.8. The number of rotatable bonds is 7. The number of carboxylic acid groups (broad SMARTS) is 1. The van der Waals surface area contributed by atoms with Gasteiger partial charge in [-0.1, -0.05) is 29.8 Å². The lowest BCUT2D eigenvalue weighted by molar-refractivity contribution is -0.144. The van der Waals surface area contributed by atoms with Crippen LogP contribution in [0.25, 0.3) is 10.9 Å². The molecule has 8 nitrogen and oxygen atoms in total. The van der Waals surface area contributed by atoms with Crippen LogP contribution in [0.3, 0.4) is 0 Å².